The van der Waals surface area contributed by atoms with Crippen molar-refractivity contribution >= 4 is 50.8 Å². The molecule has 4 nitrogen and oxygen atoms in total. The fourth-order valence-electron chi connectivity index (χ4n) is 5.02. The van der Waals surface area contributed by atoms with E-state index in [-0.39, 0.29) is 41.3 Å². The number of benzene rings is 2. The van der Waals surface area contributed by atoms with Gasteiger partial charge in [-0.1, -0.05) is 36.0 Å². The lowest BCUT2D eigenvalue weighted by atomic mass is 9.85. The van der Waals surface area contributed by atoms with Gasteiger partial charge in [-0.25, -0.2) is 14.3 Å². The van der Waals surface area contributed by atoms with Crippen LogP contribution in [0.15, 0.2) is 59.0 Å². The quantitative estimate of drug-likeness (QED) is 0.327. The maximum atomic E-state index is 13.4. The van der Waals surface area contributed by atoms with Crippen molar-refractivity contribution in [3.05, 3.63) is 66.0 Å². The van der Waals surface area contributed by atoms with Gasteiger partial charge in [0.25, 0.3) is 0 Å². The first-order valence-electron chi connectivity index (χ1n) is 9.92. The van der Waals surface area contributed by atoms with Gasteiger partial charge >= 0.3 is 0 Å². The largest absolute Gasteiger partial charge is 0.274 e. The standard InChI is InChI=1S/C23H17FN2O2S2/c24-15-3-1-2-12(8-15)11-29-23-25-17-7-6-16(10-18(17)30-23)26-21(27)19-13-4-5-14(9-13)20(19)22(26)28/h1-8,10,13-14,19-20H,9,11H2/t13-,14-,19-,20-/m0/s1. The molecule has 3 aromatic rings. The third kappa shape index (κ3) is 2.76. The SMILES string of the molecule is O=C1[C@@H]2[C@@H](C(=O)N1c1ccc3nc(SCc4cccc(F)c4)sc3c1)[C@H]1C=C[C@H]2C1. The molecule has 2 heterocycles. The molecule has 2 aromatic carbocycles. The van der Waals surface area contributed by atoms with Crippen LogP contribution < -0.4 is 4.90 Å². The Balaban J connectivity index is 1.26. The second-order valence-electron chi connectivity index (χ2n) is 8.06. The number of halogens is 1. The fourth-order valence-corrected chi connectivity index (χ4v) is 7.07. The number of amides is 2. The van der Waals surface area contributed by atoms with Crippen LogP contribution in [0.5, 0.6) is 0 Å². The lowest BCUT2D eigenvalue weighted by Crippen LogP contribution is -2.32. The number of fused-ring (bicyclic) bond motifs is 6. The third-order valence-electron chi connectivity index (χ3n) is 6.33. The molecule has 4 atom stereocenters. The van der Waals surface area contributed by atoms with Gasteiger partial charge < -0.3 is 0 Å². The van der Waals surface area contributed by atoms with Gasteiger partial charge in [0.05, 0.1) is 27.7 Å². The molecule has 0 N–H and O–H groups in total. The zero-order chi connectivity index (χ0) is 20.4. The van der Waals surface area contributed by atoms with Crippen LogP contribution in [0.25, 0.3) is 10.2 Å². The van der Waals surface area contributed by atoms with Crippen LogP contribution in [0.3, 0.4) is 0 Å². The Hall–Kier alpha value is -2.51. The minimum atomic E-state index is -0.240. The molecule has 2 aliphatic carbocycles. The van der Waals surface area contributed by atoms with E-state index >= 15 is 0 Å². The summed E-state index contributed by atoms with van der Waals surface area (Å²) in [6.07, 6.45) is 5.14. The van der Waals surface area contributed by atoms with Crippen molar-refractivity contribution in [3.8, 4) is 0 Å². The molecular formula is C23H17FN2O2S2. The number of imide groups is 1. The maximum Gasteiger partial charge on any atom is 0.238 e. The molecule has 7 heteroatoms. The Kier molecular flexibility index (Phi) is 4.11. The normalized spacial score (nSPS) is 26.9. The minimum absolute atomic E-state index is 0.0635. The Morgan fingerprint density at radius 2 is 1.83 bits per heavy atom. The number of carbonyl (C=O) groups is 2. The van der Waals surface area contributed by atoms with Gasteiger partial charge in [-0.05, 0) is 54.2 Å². The zero-order valence-corrected chi connectivity index (χ0v) is 17.5. The van der Waals surface area contributed by atoms with Gasteiger partial charge in [0.15, 0.2) is 4.34 Å². The molecule has 6 rings (SSSR count). The number of nitrogens with zero attached hydrogens (tertiary/aromatic N) is 2. The summed E-state index contributed by atoms with van der Waals surface area (Å²) in [5.74, 6) is 0.295. The summed E-state index contributed by atoms with van der Waals surface area (Å²) in [6.45, 7) is 0. The Morgan fingerprint density at radius 1 is 1.07 bits per heavy atom. The highest BCUT2D eigenvalue weighted by Gasteiger charge is 2.59. The number of rotatable bonds is 4. The monoisotopic (exact) mass is 436 g/mol. The molecular weight excluding hydrogens is 419 g/mol. The molecule has 1 saturated heterocycles. The Bertz CT molecular complexity index is 1210. The summed E-state index contributed by atoms with van der Waals surface area (Å²) in [7, 11) is 0. The van der Waals surface area contributed by atoms with E-state index in [4.69, 9.17) is 0 Å². The fraction of sp³-hybridized carbons (Fsp3) is 0.261. The first-order valence-corrected chi connectivity index (χ1v) is 11.7. The summed E-state index contributed by atoms with van der Waals surface area (Å²) in [5, 5.41) is 0. The molecule has 0 unspecified atom stereocenters. The molecule has 30 heavy (non-hydrogen) atoms. The molecule has 1 aliphatic heterocycles. The number of allylic oxidation sites excluding steroid dienone is 2. The second-order valence-corrected chi connectivity index (χ2v) is 10.3. The molecule has 3 aliphatic rings. The Labute approximate surface area is 180 Å². The summed E-state index contributed by atoms with van der Waals surface area (Å²) in [6, 6.07) is 12.1. The summed E-state index contributed by atoms with van der Waals surface area (Å²) < 4.78 is 15.2. The van der Waals surface area contributed by atoms with E-state index in [1.54, 1.807) is 17.8 Å². The van der Waals surface area contributed by atoms with Crippen molar-refractivity contribution < 1.29 is 14.0 Å². The average Bonchev–Trinajstić information content (AvgIpc) is 3.49. The number of thiazole rings is 1. The minimum Gasteiger partial charge on any atom is -0.274 e. The smallest absolute Gasteiger partial charge is 0.238 e. The highest BCUT2D eigenvalue weighted by Crippen LogP contribution is 2.53. The highest BCUT2D eigenvalue weighted by molar-refractivity contribution is 8.00. The second kappa shape index (κ2) is 6.75. The van der Waals surface area contributed by atoms with Crippen molar-refractivity contribution in [2.75, 3.05) is 4.90 Å². The first-order chi connectivity index (χ1) is 14.6. The van der Waals surface area contributed by atoms with Gasteiger partial charge in [0.1, 0.15) is 5.82 Å². The van der Waals surface area contributed by atoms with Crippen LogP contribution in [-0.4, -0.2) is 16.8 Å². The maximum absolute atomic E-state index is 13.4. The highest BCUT2D eigenvalue weighted by atomic mass is 32.2. The van der Waals surface area contributed by atoms with Gasteiger partial charge in [-0.2, -0.15) is 0 Å². The Morgan fingerprint density at radius 3 is 2.57 bits per heavy atom. The number of hydrogen-bond donors (Lipinski definition) is 0. The van der Waals surface area contributed by atoms with Crippen LogP contribution in [0, 0.1) is 29.5 Å². The van der Waals surface area contributed by atoms with Gasteiger partial charge in [0.2, 0.25) is 11.8 Å². The zero-order valence-electron chi connectivity index (χ0n) is 15.8. The first kappa shape index (κ1) is 18.3. The van der Waals surface area contributed by atoms with E-state index in [2.05, 4.69) is 17.1 Å². The lowest BCUT2D eigenvalue weighted by Gasteiger charge is -2.17. The van der Waals surface area contributed by atoms with E-state index < -0.39 is 0 Å². The van der Waals surface area contributed by atoms with Crippen molar-refractivity contribution in [3.63, 3.8) is 0 Å². The number of thioether (sulfide) groups is 1. The van der Waals surface area contributed by atoms with Gasteiger partial charge in [0, 0.05) is 5.75 Å². The van der Waals surface area contributed by atoms with Crippen LogP contribution >= 0.6 is 23.1 Å². The molecule has 2 amide bonds. The van der Waals surface area contributed by atoms with E-state index in [0.717, 1.165) is 26.5 Å². The van der Waals surface area contributed by atoms with Crippen molar-refractivity contribution in [2.45, 2.75) is 16.5 Å². The van der Waals surface area contributed by atoms with Crippen LogP contribution in [0.1, 0.15) is 12.0 Å². The van der Waals surface area contributed by atoms with Crippen molar-refractivity contribution in [1.29, 1.82) is 0 Å². The van der Waals surface area contributed by atoms with E-state index in [9.17, 15) is 14.0 Å². The van der Waals surface area contributed by atoms with E-state index in [1.807, 2.05) is 24.3 Å². The van der Waals surface area contributed by atoms with Crippen molar-refractivity contribution in [1.82, 2.24) is 4.98 Å². The molecule has 0 radical (unpaired) electrons. The van der Waals surface area contributed by atoms with Crippen LogP contribution in [0.2, 0.25) is 0 Å². The number of hydrogen-bond acceptors (Lipinski definition) is 5. The van der Waals surface area contributed by atoms with E-state index in [0.29, 0.717) is 11.4 Å². The van der Waals surface area contributed by atoms with E-state index in [1.165, 1.54) is 28.4 Å². The van der Waals surface area contributed by atoms with Crippen LogP contribution in [0.4, 0.5) is 10.1 Å². The number of aromatic nitrogens is 1. The third-order valence-corrected chi connectivity index (χ3v) is 8.56. The van der Waals surface area contributed by atoms with Gasteiger partial charge in [-0.15, -0.1) is 11.3 Å². The van der Waals surface area contributed by atoms with Crippen molar-refractivity contribution in [2.24, 2.45) is 23.7 Å². The van der Waals surface area contributed by atoms with Gasteiger partial charge in [-0.3, -0.25) is 9.59 Å². The summed E-state index contributed by atoms with van der Waals surface area (Å²) in [4.78, 5) is 32.1. The summed E-state index contributed by atoms with van der Waals surface area (Å²) >= 11 is 3.08. The topological polar surface area (TPSA) is 50.3 Å². The molecule has 1 aromatic heterocycles. The number of anilines is 1. The molecule has 150 valence electrons. The molecule has 0 spiro atoms. The predicted octanol–water partition coefficient (Wildman–Crippen LogP) is 5.04. The average molecular weight is 437 g/mol. The molecule has 2 bridgehead atoms. The lowest BCUT2D eigenvalue weighted by molar-refractivity contribution is -0.123. The number of carbonyl (C=O) groups excluding carboxylic acids is 2. The summed E-state index contributed by atoms with van der Waals surface area (Å²) in [5.41, 5.74) is 2.38. The predicted molar refractivity (Wildman–Crippen MR) is 116 cm³/mol. The molecule has 1 saturated carbocycles. The molecule has 2 fully saturated rings. The van der Waals surface area contributed by atoms with Crippen LogP contribution in [-0.2, 0) is 15.3 Å².